The average molecular weight is 552 g/mol. The van der Waals surface area contributed by atoms with Crippen molar-refractivity contribution >= 4 is 41.8 Å². The van der Waals surface area contributed by atoms with E-state index in [9.17, 15) is 28.8 Å². The highest BCUT2D eigenvalue weighted by molar-refractivity contribution is 6.01. The minimum atomic E-state index is -1.34. The Bertz CT molecular complexity index is 1330. The number of carbonyl (C=O) groups is 6. The fourth-order valence-electron chi connectivity index (χ4n) is 4.33. The number of nitrogen functional groups attached to an aromatic ring is 1. The zero-order valence-corrected chi connectivity index (χ0v) is 21.7. The molecule has 1 aliphatic heterocycles. The second kappa shape index (κ2) is 13.1. The van der Waals surface area contributed by atoms with E-state index < -0.39 is 54.7 Å². The number of aldehydes is 1. The first-order chi connectivity index (χ1) is 19.0. The number of nitrogens with zero attached hydrogens (tertiary/aromatic N) is 2. The molecule has 2 aromatic carbocycles. The third kappa shape index (κ3) is 7.28. The van der Waals surface area contributed by atoms with Gasteiger partial charge >= 0.3 is 11.9 Å². The summed E-state index contributed by atoms with van der Waals surface area (Å²) in [6.07, 6.45) is 0.0828. The van der Waals surface area contributed by atoms with Gasteiger partial charge in [0.15, 0.2) is 0 Å². The van der Waals surface area contributed by atoms with E-state index in [0.717, 1.165) is 16.9 Å². The van der Waals surface area contributed by atoms with Gasteiger partial charge in [-0.05, 0) is 23.8 Å². The predicted molar refractivity (Wildman–Crippen MR) is 141 cm³/mol. The summed E-state index contributed by atoms with van der Waals surface area (Å²) in [6, 6.07) is 9.70. The minimum Gasteiger partial charge on any atom is -0.480 e. The molecule has 0 spiro atoms. The van der Waals surface area contributed by atoms with Gasteiger partial charge in [-0.2, -0.15) is 0 Å². The fourth-order valence-corrected chi connectivity index (χ4v) is 4.33. The number of piperazine rings is 1. The molecule has 0 aromatic heterocycles. The van der Waals surface area contributed by atoms with Crippen LogP contribution in [0.2, 0.25) is 0 Å². The molecule has 0 radical (unpaired) electrons. The first-order valence-electron chi connectivity index (χ1n) is 12.2. The van der Waals surface area contributed by atoms with E-state index in [1.807, 2.05) is 0 Å². The van der Waals surface area contributed by atoms with E-state index in [1.165, 1.54) is 24.3 Å². The maximum atomic E-state index is 13.9. The molecule has 2 atom stereocenters. The Morgan fingerprint density at radius 3 is 2.42 bits per heavy atom. The molecular weight excluding hydrogens is 522 g/mol. The summed E-state index contributed by atoms with van der Waals surface area (Å²) in [6.45, 7) is -0.788. The van der Waals surface area contributed by atoms with Crippen LogP contribution in [0, 0.1) is 5.41 Å². The number of amides is 3. The molecule has 0 saturated carbocycles. The molecule has 210 valence electrons. The number of ether oxygens (including phenoxy) is 1. The van der Waals surface area contributed by atoms with Gasteiger partial charge in [0, 0.05) is 36.2 Å². The quantitative estimate of drug-likeness (QED) is 0.126. The van der Waals surface area contributed by atoms with Gasteiger partial charge in [-0.15, -0.1) is 0 Å². The number of carboxylic acid groups (broad SMARTS) is 1. The Labute approximate surface area is 229 Å². The van der Waals surface area contributed by atoms with Crippen molar-refractivity contribution in [3.63, 3.8) is 0 Å². The second-order valence-corrected chi connectivity index (χ2v) is 9.07. The Morgan fingerprint density at radius 2 is 1.82 bits per heavy atom. The summed E-state index contributed by atoms with van der Waals surface area (Å²) >= 11 is 0. The lowest BCUT2D eigenvalue weighted by Crippen LogP contribution is -2.63. The fraction of sp³-hybridized carbons (Fsp3) is 0.296. The van der Waals surface area contributed by atoms with Crippen LogP contribution in [0.4, 0.5) is 0 Å². The molecule has 1 saturated heterocycles. The Kier molecular flexibility index (Phi) is 9.68. The molecule has 5 N–H and O–H groups in total. The van der Waals surface area contributed by atoms with Crippen molar-refractivity contribution in [2.45, 2.75) is 24.9 Å². The van der Waals surface area contributed by atoms with Crippen LogP contribution >= 0.6 is 0 Å². The van der Waals surface area contributed by atoms with Crippen LogP contribution in [0.15, 0.2) is 48.5 Å². The third-order valence-electron chi connectivity index (χ3n) is 6.37. The zero-order valence-electron chi connectivity index (χ0n) is 21.7. The molecule has 3 amide bonds. The van der Waals surface area contributed by atoms with Crippen LogP contribution in [0.3, 0.4) is 0 Å². The third-order valence-corrected chi connectivity index (χ3v) is 6.37. The number of amidine groups is 1. The number of hydrogen-bond acceptors (Lipinski definition) is 8. The van der Waals surface area contributed by atoms with E-state index in [1.54, 1.807) is 24.3 Å². The van der Waals surface area contributed by atoms with Crippen molar-refractivity contribution in [1.82, 2.24) is 15.1 Å². The van der Waals surface area contributed by atoms with Gasteiger partial charge < -0.3 is 30.7 Å². The lowest BCUT2D eigenvalue weighted by atomic mass is 9.99. The van der Waals surface area contributed by atoms with Crippen LogP contribution in [-0.2, 0) is 30.3 Å². The molecule has 0 aliphatic carbocycles. The molecule has 2 aromatic rings. The Hall–Kier alpha value is -5.07. The molecular formula is C27H29N5O8. The van der Waals surface area contributed by atoms with E-state index >= 15 is 0 Å². The van der Waals surface area contributed by atoms with E-state index in [-0.39, 0.29) is 30.9 Å². The monoisotopic (exact) mass is 551 g/mol. The summed E-state index contributed by atoms with van der Waals surface area (Å²) in [5.74, 6) is -4.25. The number of carbonyl (C=O) groups excluding carboxylic acids is 5. The van der Waals surface area contributed by atoms with Gasteiger partial charge in [0.25, 0.3) is 5.91 Å². The summed E-state index contributed by atoms with van der Waals surface area (Å²) in [4.78, 5) is 77.0. The lowest BCUT2D eigenvalue weighted by molar-refractivity contribution is -0.159. The number of nitrogens with two attached hydrogens (primary N) is 1. The van der Waals surface area contributed by atoms with Crippen molar-refractivity contribution < 1.29 is 38.6 Å². The average Bonchev–Trinajstić information content (AvgIpc) is 2.94. The number of hydrogen-bond donors (Lipinski definition) is 4. The van der Waals surface area contributed by atoms with E-state index in [0.29, 0.717) is 23.0 Å². The second-order valence-electron chi connectivity index (χ2n) is 9.07. The largest absolute Gasteiger partial charge is 0.480 e. The SMILES string of the molecule is COC(=O)C[C@H]1C(=O)N(CC(=O)O)CCN1C(=O)[C@H](Cc1cccc(C=O)c1)NC(=O)c1ccc(C(=N)N)cc1. The van der Waals surface area contributed by atoms with E-state index in [4.69, 9.17) is 16.2 Å². The van der Waals surface area contributed by atoms with Crippen LogP contribution in [0.25, 0.3) is 0 Å². The van der Waals surface area contributed by atoms with E-state index in [2.05, 4.69) is 10.1 Å². The molecule has 3 rings (SSSR count). The normalized spacial score (nSPS) is 15.6. The van der Waals surface area contributed by atoms with Crippen molar-refractivity contribution in [2.75, 3.05) is 26.7 Å². The topological polar surface area (TPSA) is 200 Å². The lowest BCUT2D eigenvalue weighted by Gasteiger charge is -2.41. The van der Waals surface area contributed by atoms with Crippen LogP contribution in [0.1, 0.15) is 38.3 Å². The highest BCUT2D eigenvalue weighted by Gasteiger charge is 2.41. The maximum Gasteiger partial charge on any atom is 0.323 e. The number of methoxy groups -OCH3 is 1. The smallest absolute Gasteiger partial charge is 0.323 e. The summed E-state index contributed by atoms with van der Waals surface area (Å²) < 4.78 is 4.69. The van der Waals surface area contributed by atoms with Crippen molar-refractivity contribution in [3.05, 3.63) is 70.8 Å². The molecule has 1 fully saturated rings. The number of rotatable bonds is 11. The Balaban J connectivity index is 1.94. The van der Waals surface area contributed by atoms with Crippen LogP contribution in [0.5, 0.6) is 0 Å². The summed E-state index contributed by atoms with van der Waals surface area (Å²) in [7, 11) is 1.12. The maximum absolute atomic E-state index is 13.9. The molecule has 40 heavy (non-hydrogen) atoms. The van der Waals surface area contributed by atoms with Crippen molar-refractivity contribution in [2.24, 2.45) is 5.73 Å². The van der Waals surface area contributed by atoms with Gasteiger partial charge in [-0.25, -0.2) is 0 Å². The Morgan fingerprint density at radius 1 is 1.15 bits per heavy atom. The van der Waals surface area contributed by atoms with Gasteiger partial charge in [0.2, 0.25) is 11.8 Å². The molecule has 0 bridgehead atoms. The molecule has 13 heteroatoms. The van der Waals surface area contributed by atoms with Crippen LogP contribution < -0.4 is 11.1 Å². The van der Waals surface area contributed by atoms with Gasteiger partial charge in [-0.1, -0.05) is 30.3 Å². The zero-order chi connectivity index (χ0) is 29.4. The number of benzene rings is 2. The molecule has 13 nitrogen and oxygen atoms in total. The van der Waals surface area contributed by atoms with Crippen molar-refractivity contribution in [1.29, 1.82) is 5.41 Å². The summed E-state index contributed by atoms with van der Waals surface area (Å²) in [5.41, 5.74) is 6.96. The van der Waals surface area contributed by atoms with Gasteiger partial charge in [0.1, 0.15) is 30.8 Å². The minimum absolute atomic E-state index is 0.0493. The number of carboxylic acids is 1. The first-order valence-corrected chi connectivity index (χ1v) is 12.2. The molecule has 0 unspecified atom stereocenters. The summed E-state index contributed by atoms with van der Waals surface area (Å²) in [5, 5.41) is 19.3. The highest BCUT2D eigenvalue weighted by atomic mass is 16.5. The predicted octanol–water partition coefficient (Wildman–Crippen LogP) is -0.189. The standard InChI is InChI=1S/C27H29N5O8/c1-40-23(36)13-21-27(39)31(14-22(34)35)9-10-32(21)26(38)20(12-16-3-2-4-17(11-16)15-33)30-25(37)19-7-5-18(6-8-19)24(28)29/h2-8,11,15,20-21H,9-10,12-14H2,1H3,(H3,28,29)(H,30,37)(H,34,35)/t20-,21-/m0/s1. The molecule has 1 heterocycles. The highest BCUT2D eigenvalue weighted by Crippen LogP contribution is 2.19. The van der Waals surface area contributed by atoms with Gasteiger partial charge in [0.05, 0.1) is 13.5 Å². The number of nitrogens with one attached hydrogen (secondary N) is 2. The first kappa shape index (κ1) is 29.5. The molecule has 1 aliphatic rings. The van der Waals surface area contributed by atoms with Gasteiger partial charge in [-0.3, -0.25) is 34.2 Å². The number of aliphatic carboxylic acids is 1. The van der Waals surface area contributed by atoms with Crippen molar-refractivity contribution in [3.8, 4) is 0 Å². The van der Waals surface area contributed by atoms with Crippen LogP contribution in [-0.4, -0.2) is 95.5 Å². The number of esters is 1.